The van der Waals surface area contributed by atoms with E-state index in [-0.39, 0.29) is 0 Å². The van der Waals surface area contributed by atoms with Crippen LogP contribution in [0.1, 0.15) is 0 Å². The topological polar surface area (TPSA) is 19.4 Å². The molecule has 1 fully saturated rings. The number of hydrogen-bond donors (Lipinski definition) is 0. The first-order chi connectivity index (χ1) is 7.16. The van der Waals surface area contributed by atoms with E-state index in [0.29, 0.717) is 5.15 Å². The molecule has 0 saturated carbocycles. The lowest BCUT2D eigenvalue weighted by Gasteiger charge is -2.33. The van der Waals surface area contributed by atoms with E-state index in [1.54, 1.807) is 6.07 Å². The normalized spacial score (nSPS) is 18.2. The van der Waals surface area contributed by atoms with Crippen molar-refractivity contribution in [2.45, 2.75) is 0 Å². The third-order valence-electron chi connectivity index (χ3n) is 2.60. The van der Waals surface area contributed by atoms with Crippen LogP contribution in [0.15, 0.2) is 16.6 Å². The van der Waals surface area contributed by atoms with Gasteiger partial charge in [-0.1, -0.05) is 11.6 Å². The van der Waals surface area contributed by atoms with E-state index in [4.69, 9.17) is 11.6 Å². The molecule has 15 heavy (non-hydrogen) atoms. The highest BCUT2D eigenvalue weighted by atomic mass is 79.9. The van der Waals surface area contributed by atoms with Gasteiger partial charge in [0.25, 0.3) is 0 Å². The molecule has 0 spiro atoms. The van der Waals surface area contributed by atoms with Crippen molar-refractivity contribution < 1.29 is 0 Å². The Morgan fingerprint density at radius 1 is 1.27 bits per heavy atom. The summed E-state index contributed by atoms with van der Waals surface area (Å²) in [7, 11) is 2.14. The summed E-state index contributed by atoms with van der Waals surface area (Å²) in [6.45, 7) is 4.14. The number of halogens is 2. The SMILES string of the molecule is CN1CCN(c2nc(Cl)ccc2Br)CC1. The number of rotatable bonds is 1. The van der Waals surface area contributed by atoms with Gasteiger partial charge >= 0.3 is 0 Å². The van der Waals surface area contributed by atoms with Gasteiger partial charge < -0.3 is 9.80 Å². The second kappa shape index (κ2) is 4.68. The minimum Gasteiger partial charge on any atom is -0.353 e. The zero-order chi connectivity index (χ0) is 10.8. The lowest BCUT2D eigenvalue weighted by Crippen LogP contribution is -2.45. The van der Waals surface area contributed by atoms with E-state index in [1.807, 2.05) is 6.07 Å². The maximum atomic E-state index is 5.90. The number of pyridine rings is 1. The highest BCUT2D eigenvalue weighted by Gasteiger charge is 2.17. The number of nitrogens with zero attached hydrogens (tertiary/aromatic N) is 3. The van der Waals surface area contributed by atoms with Gasteiger partial charge in [0.2, 0.25) is 0 Å². The van der Waals surface area contributed by atoms with Gasteiger partial charge in [0, 0.05) is 26.2 Å². The Bertz CT molecular complexity index is 351. The fourth-order valence-corrected chi connectivity index (χ4v) is 2.26. The Morgan fingerprint density at radius 2 is 1.93 bits per heavy atom. The molecule has 1 aromatic heterocycles. The standard InChI is InChI=1S/C10H13BrClN3/c1-14-4-6-15(7-5-14)10-8(11)2-3-9(12)13-10/h2-3H,4-7H2,1H3. The number of anilines is 1. The monoisotopic (exact) mass is 289 g/mol. The van der Waals surface area contributed by atoms with Crippen molar-refractivity contribution in [3.63, 3.8) is 0 Å². The van der Waals surface area contributed by atoms with Crippen molar-refractivity contribution in [3.05, 3.63) is 21.8 Å². The number of piperazine rings is 1. The van der Waals surface area contributed by atoms with Crippen LogP contribution < -0.4 is 4.90 Å². The molecular formula is C10H13BrClN3. The molecule has 82 valence electrons. The molecule has 5 heteroatoms. The molecule has 0 unspecified atom stereocenters. The van der Waals surface area contributed by atoms with Crippen LogP contribution in [0.5, 0.6) is 0 Å². The quantitative estimate of drug-likeness (QED) is 0.740. The molecule has 1 aliphatic heterocycles. The van der Waals surface area contributed by atoms with E-state index in [1.165, 1.54) is 0 Å². The molecule has 0 bridgehead atoms. The van der Waals surface area contributed by atoms with E-state index in [0.717, 1.165) is 36.5 Å². The van der Waals surface area contributed by atoms with E-state index < -0.39 is 0 Å². The predicted octanol–water partition coefficient (Wildman–Crippen LogP) is 2.25. The van der Waals surface area contributed by atoms with Crippen LogP contribution in [-0.2, 0) is 0 Å². The third kappa shape index (κ3) is 2.62. The van der Waals surface area contributed by atoms with Crippen LogP contribution in [0.4, 0.5) is 5.82 Å². The minimum absolute atomic E-state index is 0.548. The van der Waals surface area contributed by atoms with Gasteiger partial charge in [0.15, 0.2) is 0 Å². The molecule has 3 nitrogen and oxygen atoms in total. The maximum Gasteiger partial charge on any atom is 0.144 e. The Hall–Kier alpha value is -0.320. The van der Waals surface area contributed by atoms with Crippen LogP contribution in [0.25, 0.3) is 0 Å². The number of aromatic nitrogens is 1. The van der Waals surface area contributed by atoms with E-state index >= 15 is 0 Å². The van der Waals surface area contributed by atoms with Crippen LogP contribution in [0, 0.1) is 0 Å². The molecule has 0 aromatic carbocycles. The summed E-state index contributed by atoms with van der Waals surface area (Å²) in [4.78, 5) is 8.92. The second-order valence-electron chi connectivity index (χ2n) is 3.73. The van der Waals surface area contributed by atoms with Gasteiger partial charge in [0.1, 0.15) is 11.0 Å². The number of hydrogen-bond acceptors (Lipinski definition) is 3. The predicted molar refractivity (Wildman–Crippen MR) is 66.7 cm³/mol. The van der Waals surface area contributed by atoms with Gasteiger partial charge in [-0.25, -0.2) is 4.98 Å². The van der Waals surface area contributed by atoms with Crippen molar-refractivity contribution in [1.82, 2.24) is 9.88 Å². The molecule has 1 aromatic rings. The molecular weight excluding hydrogens is 277 g/mol. The van der Waals surface area contributed by atoms with Crippen LogP contribution in [0.2, 0.25) is 5.15 Å². The van der Waals surface area contributed by atoms with E-state index in [9.17, 15) is 0 Å². The molecule has 0 radical (unpaired) electrons. The van der Waals surface area contributed by atoms with E-state index in [2.05, 4.69) is 37.8 Å². The molecule has 0 atom stereocenters. The smallest absolute Gasteiger partial charge is 0.144 e. The summed E-state index contributed by atoms with van der Waals surface area (Å²) in [5, 5.41) is 0.548. The van der Waals surface area contributed by atoms with Crippen molar-refractivity contribution in [1.29, 1.82) is 0 Å². The van der Waals surface area contributed by atoms with Crippen molar-refractivity contribution in [2.75, 3.05) is 38.1 Å². The van der Waals surface area contributed by atoms with Crippen LogP contribution >= 0.6 is 27.5 Å². The van der Waals surface area contributed by atoms with Crippen molar-refractivity contribution in [2.24, 2.45) is 0 Å². The van der Waals surface area contributed by atoms with Crippen LogP contribution in [-0.4, -0.2) is 43.1 Å². The van der Waals surface area contributed by atoms with Gasteiger partial charge in [0.05, 0.1) is 4.47 Å². The lowest BCUT2D eigenvalue weighted by molar-refractivity contribution is 0.312. The lowest BCUT2D eigenvalue weighted by atomic mass is 10.3. The largest absolute Gasteiger partial charge is 0.353 e. The zero-order valence-electron chi connectivity index (χ0n) is 8.58. The highest BCUT2D eigenvalue weighted by molar-refractivity contribution is 9.10. The Labute approximate surface area is 103 Å². The summed E-state index contributed by atoms with van der Waals surface area (Å²) in [6.07, 6.45) is 0. The Morgan fingerprint density at radius 3 is 2.60 bits per heavy atom. The Balaban J connectivity index is 2.18. The summed E-state index contributed by atoms with van der Waals surface area (Å²) < 4.78 is 1.01. The maximum absolute atomic E-state index is 5.90. The first-order valence-corrected chi connectivity index (χ1v) is 6.09. The summed E-state index contributed by atoms with van der Waals surface area (Å²) in [6, 6.07) is 3.74. The summed E-state index contributed by atoms with van der Waals surface area (Å²) >= 11 is 9.40. The Kier molecular flexibility index (Phi) is 3.49. The van der Waals surface area contributed by atoms with Gasteiger partial charge in [-0.15, -0.1) is 0 Å². The highest BCUT2D eigenvalue weighted by Crippen LogP contribution is 2.26. The third-order valence-corrected chi connectivity index (χ3v) is 3.43. The summed E-state index contributed by atoms with van der Waals surface area (Å²) in [5.74, 6) is 0.954. The average molecular weight is 291 g/mol. The first kappa shape index (κ1) is 11.2. The molecule has 1 saturated heterocycles. The molecule has 2 heterocycles. The zero-order valence-corrected chi connectivity index (χ0v) is 10.9. The van der Waals surface area contributed by atoms with Gasteiger partial charge in [-0.3, -0.25) is 0 Å². The van der Waals surface area contributed by atoms with Crippen molar-refractivity contribution in [3.8, 4) is 0 Å². The molecule has 0 amide bonds. The second-order valence-corrected chi connectivity index (χ2v) is 4.97. The fraction of sp³-hybridized carbons (Fsp3) is 0.500. The van der Waals surface area contributed by atoms with Crippen molar-refractivity contribution >= 4 is 33.3 Å². The van der Waals surface area contributed by atoms with Gasteiger partial charge in [-0.2, -0.15) is 0 Å². The number of likely N-dealkylation sites (N-methyl/N-ethyl adjacent to an activating group) is 1. The minimum atomic E-state index is 0.548. The fourth-order valence-electron chi connectivity index (χ4n) is 1.65. The van der Waals surface area contributed by atoms with Crippen LogP contribution in [0.3, 0.4) is 0 Å². The summed E-state index contributed by atoms with van der Waals surface area (Å²) in [5.41, 5.74) is 0. The molecule has 2 rings (SSSR count). The molecule has 0 N–H and O–H groups in total. The van der Waals surface area contributed by atoms with Gasteiger partial charge in [-0.05, 0) is 35.1 Å². The average Bonchev–Trinajstić information content (AvgIpc) is 2.23. The molecule has 0 aliphatic carbocycles. The first-order valence-electron chi connectivity index (χ1n) is 4.92. The molecule has 1 aliphatic rings.